The van der Waals surface area contributed by atoms with Gasteiger partial charge in [0.15, 0.2) is 0 Å². The molecule has 0 saturated heterocycles. The molecule has 9 nitrogen and oxygen atoms in total. The number of ether oxygens (including phenoxy) is 2. The van der Waals surface area contributed by atoms with Crippen molar-refractivity contribution in [3.63, 3.8) is 0 Å². The van der Waals surface area contributed by atoms with Crippen LogP contribution in [0.1, 0.15) is 188 Å². The van der Waals surface area contributed by atoms with E-state index in [1.54, 1.807) is 12.2 Å². The Morgan fingerprint density at radius 2 is 0.750 bits per heavy atom. The Morgan fingerprint density at radius 1 is 0.500 bits per heavy atom. The second-order valence-electron chi connectivity index (χ2n) is 13.4. The van der Waals surface area contributed by atoms with Crippen LogP contribution in [0.3, 0.4) is 0 Å². The molecule has 0 heterocycles. The van der Waals surface area contributed by atoms with Crippen molar-refractivity contribution >= 4 is 17.9 Å². The van der Waals surface area contributed by atoms with Gasteiger partial charge in [0.2, 0.25) is 0 Å². The van der Waals surface area contributed by atoms with Crippen LogP contribution in [-0.4, -0.2) is 71.4 Å². The van der Waals surface area contributed by atoms with E-state index in [0.29, 0.717) is 45.7 Å². The number of carbonyl (C=O) groups is 3. The minimum absolute atomic E-state index is 0. The Morgan fingerprint density at radius 3 is 0.942 bits per heavy atom. The molecule has 0 atom stereocenters. The summed E-state index contributed by atoms with van der Waals surface area (Å²) in [5, 5.41) is 34.4. The van der Waals surface area contributed by atoms with Gasteiger partial charge in [-0.1, -0.05) is 155 Å². The molecule has 0 aliphatic rings. The van der Waals surface area contributed by atoms with Crippen LogP contribution in [0.2, 0.25) is 0 Å². The van der Waals surface area contributed by atoms with Crippen molar-refractivity contribution in [3.8, 4) is 0 Å². The van der Waals surface area contributed by atoms with Crippen LogP contribution in [0.4, 0.5) is 0 Å². The van der Waals surface area contributed by atoms with E-state index < -0.39 is 17.9 Å². The zero-order chi connectivity index (χ0) is 39.3. The first-order valence-corrected chi connectivity index (χ1v) is 20.2. The summed E-state index contributed by atoms with van der Waals surface area (Å²) in [5.41, 5.74) is -0.300. The van der Waals surface area contributed by atoms with Crippen molar-refractivity contribution in [2.75, 3.05) is 33.0 Å². The van der Waals surface area contributed by atoms with Gasteiger partial charge in [-0.2, -0.15) is 0 Å². The Kier molecular flexibility index (Phi) is 59.6. The second-order valence-corrected chi connectivity index (χ2v) is 13.4. The van der Waals surface area contributed by atoms with Gasteiger partial charge in [0.05, 0.1) is 33.0 Å². The van der Waals surface area contributed by atoms with Crippen molar-refractivity contribution < 1.29 is 70.5 Å². The SMILES string of the molecule is C=CCOCC(CC)(CO)COCC=C.CCCCCCCCCC(=O)O.CCCCCCCCCC(=O)O.CCCCCCCCCC(=O)O.[Zr]. The van der Waals surface area contributed by atoms with Gasteiger partial charge < -0.3 is 29.9 Å². The van der Waals surface area contributed by atoms with Crippen LogP contribution < -0.4 is 0 Å². The minimum Gasteiger partial charge on any atom is -0.481 e. The summed E-state index contributed by atoms with van der Waals surface area (Å²) in [6.45, 7) is 17.8. The van der Waals surface area contributed by atoms with Gasteiger partial charge >= 0.3 is 17.9 Å². The molecule has 0 aliphatic heterocycles. The molecule has 0 saturated carbocycles. The largest absolute Gasteiger partial charge is 0.481 e. The van der Waals surface area contributed by atoms with Gasteiger partial charge in [0.25, 0.3) is 0 Å². The van der Waals surface area contributed by atoms with Crippen LogP contribution in [0.15, 0.2) is 25.3 Å². The number of unbranched alkanes of at least 4 members (excludes halogenated alkanes) is 18. The summed E-state index contributed by atoms with van der Waals surface area (Å²) in [7, 11) is 0. The van der Waals surface area contributed by atoms with Crippen molar-refractivity contribution in [3.05, 3.63) is 25.3 Å². The fourth-order valence-corrected chi connectivity index (χ4v) is 4.87. The maximum atomic E-state index is 10.1. The summed E-state index contributed by atoms with van der Waals surface area (Å²) in [4.78, 5) is 30.4. The molecular weight excluding hydrogens is 740 g/mol. The summed E-state index contributed by atoms with van der Waals surface area (Å²) in [5.74, 6) is -1.99. The number of rotatable bonds is 34. The third-order valence-corrected chi connectivity index (χ3v) is 8.36. The fourth-order valence-electron chi connectivity index (χ4n) is 4.87. The average molecular weight is 822 g/mol. The molecule has 52 heavy (non-hydrogen) atoms. The Balaban J connectivity index is -0.000000189. The van der Waals surface area contributed by atoms with E-state index in [-0.39, 0.29) is 38.2 Å². The first-order chi connectivity index (χ1) is 24.6. The molecule has 0 unspecified atom stereocenters. The summed E-state index contributed by atoms with van der Waals surface area (Å²) < 4.78 is 10.8. The van der Waals surface area contributed by atoms with Gasteiger partial charge in [-0.25, -0.2) is 0 Å². The monoisotopic (exact) mass is 821 g/mol. The quantitative estimate of drug-likeness (QED) is 0.0367. The van der Waals surface area contributed by atoms with Gasteiger partial charge in [-0.3, -0.25) is 14.4 Å². The van der Waals surface area contributed by atoms with E-state index >= 15 is 0 Å². The molecule has 10 heteroatoms. The summed E-state index contributed by atoms with van der Waals surface area (Å²) in [6.07, 6.45) is 30.1. The number of hydrogen-bond acceptors (Lipinski definition) is 6. The summed E-state index contributed by atoms with van der Waals surface area (Å²) in [6, 6.07) is 0. The zero-order valence-corrected chi connectivity index (χ0v) is 36.6. The smallest absolute Gasteiger partial charge is 0.303 e. The number of hydrogen-bond donors (Lipinski definition) is 4. The molecule has 4 N–H and O–H groups in total. The Bertz CT molecular complexity index is 675. The van der Waals surface area contributed by atoms with Crippen LogP contribution in [-0.2, 0) is 50.1 Å². The van der Waals surface area contributed by atoms with Crippen molar-refractivity contribution in [1.82, 2.24) is 0 Å². The third-order valence-electron chi connectivity index (χ3n) is 8.36. The van der Waals surface area contributed by atoms with Crippen LogP contribution in [0.25, 0.3) is 0 Å². The van der Waals surface area contributed by atoms with Crippen molar-refractivity contribution in [2.24, 2.45) is 5.41 Å². The van der Waals surface area contributed by atoms with E-state index in [1.807, 2.05) is 6.92 Å². The number of carboxylic acids is 3. The van der Waals surface area contributed by atoms with Gasteiger partial charge in [-0.05, 0) is 25.7 Å². The molecule has 0 aromatic heterocycles. The molecule has 0 aliphatic carbocycles. The average Bonchev–Trinajstić information content (AvgIpc) is 3.10. The maximum absolute atomic E-state index is 10.1. The fraction of sp³-hybridized carbons (Fsp3) is 0.833. The molecule has 0 amide bonds. The molecule has 308 valence electrons. The van der Waals surface area contributed by atoms with Crippen LogP contribution in [0, 0.1) is 5.41 Å². The van der Waals surface area contributed by atoms with E-state index in [0.717, 1.165) is 44.9 Å². The van der Waals surface area contributed by atoms with Crippen LogP contribution in [0.5, 0.6) is 0 Å². The number of carboxylic acid groups (broad SMARTS) is 3. The third kappa shape index (κ3) is 58.0. The topological polar surface area (TPSA) is 151 Å². The van der Waals surface area contributed by atoms with E-state index in [4.69, 9.17) is 24.8 Å². The number of aliphatic carboxylic acids is 3. The first-order valence-electron chi connectivity index (χ1n) is 20.2. The van der Waals surface area contributed by atoms with Gasteiger partial charge in [-0.15, -0.1) is 13.2 Å². The van der Waals surface area contributed by atoms with Crippen molar-refractivity contribution in [2.45, 2.75) is 188 Å². The molecular formula is C42H82O9Zr. The van der Waals surface area contributed by atoms with E-state index in [2.05, 4.69) is 33.9 Å². The maximum Gasteiger partial charge on any atom is 0.303 e. The van der Waals surface area contributed by atoms with E-state index in [9.17, 15) is 19.5 Å². The number of aliphatic hydroxyl groups excluding tert-OH is 1. The molecule has 0 aromatic rings. The van der Waals surface area contributed by atoms with Crippen LogP contribution >= 0.6 is 0 Å². The molecule has 0 spiro atoms. The second kappa shape index (κ2) is 51.8. The Labute approximate surface area is 338 Å². The van der Waals surface area contributed by atoms with Gasteiger partial charge in [0, 0.05) is 50.9 Å². The number of aliphatic hydroxyl groups is 1. The van der Waals surface area contributed by atoms with Crippen molar-refractivity contribution in [1.29, 1.82) is 0 Å². The molecule has 0 aromatic carbocycles. The zero-order valence-electron chi connectivity index (χ0n) is 34.1. The standard InChI is InChI=1S/C12H22O3.3C10H20O2.Zr/c1-4-7-14-10-12(6-3,9-13)11-15-8-5-2;3*1-2-3-4-5-6-7-8-9-10(11)12;/h4-5,13H,1-2,6-11H2,3H3;3*2-9H2,1H3,(H,11,12);. The van der Waals surface area contributed by atoms with E-state index in [1.165, 1.54) is 96.3 Å². The first kappa shape index (κ1) is 59.9. The predicted octanol–water partition coefficient (Wildman–Crippen LogP) is 11.4. The molecule has 0 radical (unpaired) electrons. The molecule has 0 rings (SSSR count). The molecule has 0 fully saturated rings. The molecule has 0 bridgehead atoms. The van der Waals surface area contributed by atoms with Gasteiger partial charge in [0.1, 0.15) is 0 Å². The summed E-state index contributed by atoms with van der Waals surface area (Å²) >= 11 is 0. The minimum atomic E-state index is -0.663. The normalized spacial score (nSPS) is 10.2. The predicted molar refractivity (Wildman–Crippen MR) is 213 cm³/mol. The Hall–Kier alpha value is -1.35.